The predicted octanol–water partition coefficient (Wildman–Crippen LogP) is 11.6. The smallest absolute Gasteiger partial charge is 0.306 e. The summed E-state index contributed by atoms with van der Waals surface area (Å²) in [5.74, 6) is 0.659. The van der Waals surface area contributed by atoms with Crippen LogP contribution in [0.3, 0.4) is 0 Å². The third kappa shape index (κ3) is 40.3. The van der Waals surface area contributed by atoms with Crippen LogP contribution in [-0.4, -0.2) is 50.3 Å². The normalized spacial score (nSPS) is 12.0. The van der Waals surface area contributed by atoms with Crippen molar-refractivity contribution in [3.05, 3.63) is 0 Å². The molecule has 0 rings (SSSR count). The topological polar surface area (TPSA) is 105 Å². The van der Waals surface area contributed by atoms with Crippen LogP contribution in [0.1, 0.15) is 208 Å². The number of ether oxygens (including phenoxy) is 4. The van der Waals surface area contributed by atoms with Gasteiger partial charge in [-0.25, -0.2) is 0 Å². The van der Waals surface area contributed by atoms with Gasteiger partial charge in [-0.05, 0) is 51.4 Å². The molecule has 0 aromatic carbocycles. The lowest BCUT2D eigenvalue weighted by Gasteiger charge is -2.10. The summed E-state index contributed by atoms with van der Waals surface area (Å²) in [6.07, 6.45) is 28.1. The Bertz CT molecular complexity index is 784. The monoisotopic (exact) mass is 713 g/mol. The molecule has 0 fully saturated rings. The molecule has 0 amide bonds. The molecule has 8 heteroatoms. The maximum Gasteiger partial charge on any atom is 0.306 e. The Morgan fingerprint density at radius 1 is 0.380 bits per heavy atom. The minimum atomic E-state index is -0.0621. The molecule has 0 aliphatic carbocycles. The van der Waals surface area contributed by atoms with Crippen LogP contribution in [0.5, 0.6) is 0 Å². The minimum absolute atomic E-state index is 0.0419. The first-order valence-electron chi connectivity index (χ1n) is 20.8. The van der Waals surface area contributed by atoms with Crippen molar-refractivity contribution in [3.8, 4) is 0 Å². The van der Waals surface area contributed by atoms with E-state index in [0.717, 1.165) is 51.4 Å². The first kappa shape index (κ1) is 50.0. The Hall–Kier alpha value is -2.12. The lowest BCUT2D eigenvalue weighted by atomic mass is 9.99. The lowest BCUT2D eigenvalue weighted by Crippen LogP contribution is -2.10. The molecule has 0 bridgehead atoms. The van der Waals surface area contributed by atoms with Crippen molar-refractivity contribution in [2.75, 3.05) is 26.4 Å². The van der Waals surface area contributed by atoms with E-state index in [0.29, 0.717) is 63.9 Å². The van der Waals surface area contributed by atoms with Gasteiger partial charge in [0.15, 0.2) is 0 Å². The van der Waals surface area contributed by atoms with Gasteiger partial charge in [0.05, 0.1) is 26.4 Å². The number of hydrogen-bond donors (Lipinski definition) is 0. The summed E-state index contributed by atoms with van der Waals surface area (Å²) in [5, 5.41) is 0. The van der Waals surface area contributed by atoms with Crippen molar-refractivity contribution >= 4 is 23.9 Å². The van der Waals surface area contributed by atoms with Crippen LogP contribution in [0.25, 0.3) is 0 Å². The molecular weight excluding hydrogens is 632 g/mol. The number of carbonyl (C=O) groups is 4. The SMILES string of the molecule is CCCOC(=O)CCCCCCCCCCCC(C)CC(=O)OCCC.CCOC(=O)CCCCCCCCCCCC(C)CC(=O)OCC. The summed E-state index contributed by atoms with van der Waals surface area (Å²) in [7, 11) is 0. The van der Waals surface area contributed by atoms with Gasteiger partial charge in [0.25, 0.3) is 0 Å². The van der Waals surface area contributed by atoms with Crippen molar-refractivity contribution in [2.24, 2.45) is 11.8 Å². The molecule has 296 valence electrons. The summed E-state index contributed by atoms with van der Waals surface area (Å²) in [4.78, 5) is 45.4. The second-order valence-corrected chi connectivity index (χ2v) is 14.1. The highest BCUT2D eigenvalue weighted by molar-refractivity contribution is 5.70. The standard InChI is InChI=1S/C22H42O4.C20H38O4/c1-4-17-25-21(23)16-14-12-10-8-6-7-9-11-13-15-20(3)19-22(24)26-18-5-2;1-4-23-19(21)16-14-12-10-8-6-7-9-11-13-15-18(3)17-20(22)24-5-2/h20H,4-19H2,1-3H3;18H,4-17H2,1-3H3. The van der Waals surface area contributed by atoms with Gasteiger partial charge in [-0.2, -0.15) is 0 Å². The van der Waals surface area contributed by atoms with Crippen molar-refractivity contribution in [1.29, 1.82) is 0 Å². The van der Waals surface area contributed by atoms with E-state index in [-0.39, 0.29) is 23.9 Å². The van der Waals surface area contributed by atoms with E-state index in [1.54, 1.807) is 0 Å². The Balaban J connectivity index is 0. The highest BCUT2D eigenvalue weighted by Crippen LogP contribution is 2.18. The van der Waals surface area contributed by atoms with Crippen LogP contribution in [0.4, 0.5) is 0 Å². The second kappa shape index (κ2) is 39.7. The third-order valence-corrected chi connectivity index (χ3v) is 8.73. The largest absolute Gasteiger partial charge is 0.466 e. The van der Waals surface area contributed by atoms with Gasteiger partial charge in [0, 0.05) is 25.7 Å². The number of unbranched alkanes of at least 4 members (excludes halogenated alkanes) is 16. The van der Waals surface area contributed by atoms with Crippen LogP contribution >= 0.6 is 0 Å². The van der Waals surface area contributed by atoms with Gasteiger partial charge < -0.3 is 18.9 Å². The molecule has 0 aromatic rings. The predicted molar refractivity (Wildman–Crippen MR) is 205 cm³/mol. The fraction of sp³-hybridized carbons (Fsp3) is 0.905. The summed E-state index contributed by atoms with van der Waals surface area (Å²) in [5.41, 5.74) is 0. The van der Waals surface area contributed by atoms with E-state index < -0.39 is 0 Å². The highest BCUT2D eigenvalue weighted by Gasteiger charge is 2.10. The molecule has 0 saturated carbocycles. The van der Waals surface area contributed by atoms with Gasteiger partial charge in [-0.1, -0.05) is 143 Å². The molecule has 50 heavy (non-hydrogen) atoms. The molecule has 0 aromatic heterocycles. The van der Waals surface area contributed by atoms with Gasteiger partial charge in [-0.3, -0.25) is 19.2 Å². The van der Waals surface area contributed by atoms with Gasteiger partial charge >= 0.3 is 23.9 Å². The van der Waals surface area contributed by atoms with Crippen molar-refractivity contribution in [3.63, 3.8) is 0 Å². The molecule has 0 aliphatic heterocycles. The first-order chi connectivity index (χ1) is 24.2. The molecular formula is C42H80O8. The van der Waals surface area contributed by atoms with Crippen LogP contribution in [-0.2, 0) is 38.1 Å². The van der Waals surface area contributed by atoms with Crippen molar-refractivity contribution in [2.45, 2.75) is 208 Å². The molecule has 0 N–H and O–H groups in total. The molecule has 0 saturated heterocycles. The third-order valence-electron chi connectivity index (χ3n) is 8.73. The number of hydrogen-bond acceptors (Lipinski definition) is 8. The molecule has 0 heterocycles. The number of esters is 4. The van der Waals surface area contributed by atoms with E-state index in [1.807, 2.05) is 27.7 Å². The van der Waals surface area contributed by atoms with Crippen molar-refractivity contribution in [1.82, 2.24) is 0 Å². The molecule has 8 nitrogen and oxygen atoms in total. The number of rotatable bonds is 34. The van der Waals surface area contributed by atoms with Gasteiger partial charge in [0.2, 0.25) is 0 Å². The molecule has 0 spiro atoms. The maximum atomic E-state index is 11.5. The second-order valence-electron chi connectivity index (χ2n) is 14.1. The summed E-state index contributed by atoms with van der Waals surface area (Å²) in [6.45, 7) is 14.1. The minimum Gasteiger partial charge on any atom is -0.466 e. The average Bonchev–Trinajstić information content (AvgIpc) is 3.08. The zero-order valence-corrected chi connectivity index (χ0v) is 33.6. The van der Waals surface area contributed by atoms with Gasteiger partial charge in [0.1, 0.15) is 0 Å². The van der Waals surface area contributed by atoms with Gasteiger partial charge in [-0.15, -0.1) is 0 Å². The lowest BCUT2D eigenvalue weighted by molar-refractivity contribution is -0.145. The zero-order valence-electron chi connectivity index (χ0n) is 33.6. The van der Waals surface area contributed by atoms with E-state index in [4.69, 9.17) is 18.9 Å². The summed E-state index contributed by atoms with van der Waals surface area (Å²) in [6, 6.07) is 0. The Morgan fingerprint density at radius 2 is 0.660 bits per heavy atom. The van der Waals surface area contributed by atoms with E-state index in [2.05, 4.69) is 13.8 Å². The molecule has 0 radical (unpaired) electrons. The van der Waals surface area contributed by atoms with Crippen LogP contribution in [0, 0.1) is 11.8 Å². The van der Waals surface area contributed by atoms with E-state index in [1.165, 1.54) is 89.9 Å². The van der Waals surface area contributed by atoms with E-state index >= 15 is 0 Å². The summed E-state index contributed by atoms with van der Waals surface area (Å²) < 4.78 is 20.1. The average molecular weight is 713 g/mol. The highest BCUT2D eigenvalue weighted by atomic mass is 16.5. The van der Waals surface area contributed by atoms with Crippen molar-refractivity contribution < 1.29 is 38.1 Å². The summed E-state index contributed by atoms with van der Waals surface area (Å²) >= 11 is 0. The molecule has 0 aliphatic rings. The van der Waals surface area contributed by atoms with E-state index in [9.17, 15) is 19.2 Å². The maximum absolute atomic E-state index is 11.5. The Kier molecular flexibility index (Phi) is 39.7. The Labute approximate surface area is 308 Å². The molecule has 2 unspecified atom stereocenters. The number of carbonyl (C=O) groups excluding carboxylic acids is 4. The van der Waals surface area contributed by atoms with Crippen LogP contribution in [0.15, 0.2) is 0 Å². The Morgan fingerprint density at radius 3 is 1.02 bits per heavy atom. The molecule has 2 atom stereocenters. The van der Waals surface area contributed by atoms with Crippen LogP contribution < -0.4 is 0 Å². The fourth-order valence-corrected chi connectivity index (χ4v) is 5.79. The zero-order chi connectivity index (χ0) is 37.5. The van der Waals surface area contributed by atoms with Crippen LogP contribution in [0.2, 0.25) is 0 Å². The first-order valence-corrected chi connectivity index (χ1v) is 20.8. The fourth-order valence-electron chi connectivity index (χ4n) is 5.79. The quantitative estimate of drug-likeness (QED) is 0.0369.